The molecule has 3 fully saturated rings. The smallest absolute Gasteiger partial charge is 0.262 e. The Morgan fingerprint density at radius 1 is 0.948 bits per heavy atom. The van der Waals surface area contributed by atoms with Crippen LogP contribution in [0.4, 0.5) is 20.5 Å². The number of aryl methyl sites for hydroxylation is 1. The van der Waals surface area contributed by atoms with Gasteiger partial charge in [-0.2, -0.15) is 0 Å². The maximum atomic E-state index is 15.1. The van der Waals surface area contributed by atoms with E-state index in [-0.39, 0.29) is 47.6 Å². The Morgan fingerprint density at radius 2 is 1.72 bits per heavy atom. The second-order valence-corrected chi connectivity index (χ2v) is 15.6. The molecule has 0 saturated carbocycles. The summed E-state index contributed by atoms with van der Waals surface area (Å²) < 4.78 is 32.0. The Labute approximate surface area is 334 Å². The van der Waals surface area contributed by atoms with Crippen LogP contribution in [0.1, 0.15) is 57.0 Å². The van der Waals surface area contributed by atoms with E-state index in [1.54, 1.807) is 18.3 Å². The summed E-state index contributed by atoms with van der Waals surface area (Å²) in [5, 5.41) is 18.7. The number of piperazine rings is 1. The number of imidazole rings is 1. The highest BCUT2D eigenvalue weighted by Gasteiger charge is 2.47. The van der Waals surface area contributed by atoms with Crippen molar-refractivity contribution < 1.29 is 28.3 Å². The zero-order chi connectivity index (χ0) is 40.7. The first-order chi connectivity index (χ1) is 27.9. The monoisotopic (exact) mass is 795 g/mol. The molecule has 4 aromatic rings. The van der Waals surface area contributed by atoms with Crippen LogP contribution >= 0.6 is 0 Å². The van der Waals surface area contributed by atoms with Crippen LogP contribution in [0.15, 0.2) is 60.0 Å². The average molecular weight is 796 g/mol. The van der Waals surface area contributed by atoms with E-state index in [1.165, 1.54) is 6.07 Å². The third-order valence-corrected chi connectivity index (χ3v) is 11.2. The van der Waals surface area contributed by atoms with Gasteiger partial charge >= 0.3 is 0 Å². The summed E-state index contributed by atoms with van der Waals surface area (Å²) in [5.41, 5.74) is 2.82. The summed E-state index contributed by atoms with van der Waals surface area (Å²) in [6, 6.07) is 5.82. The van der Waals surface area contributed by atoms with Gasteiger partial charge in [0.1, 0.15) is 35.1 Å². The molecule has 1 aliphatic carbocycles. The molecule has 3 aliphatic heterocycles. The summed E-state index contributed by atoms with van der Waals surface area (Å²) in [5.74, 6) is -1.32. The van der Waals surface area contributed by atoms with E-state index >= 15 is 8.78 Å². The van der Waals surface area contributed by atoms with Gasteiger partial charge in [-0.05, 0) is 83.3 Å². The number of piperidine rings is 1. The molecule has 0 bridgehead atoms. The molecular weight excluding hydrogens is 749 g/mol. The van der Waals surface area contributed by atoms with Crippen LogP contribution in [0.3, 0.4) is 0 Å². The minimum atomic E-state index is -0.958. The van der Waals surface area contributed by atoms with E-state index < -0.39 is 41.6 Å². The molecule has 3 aromatic heterocycles. The molecule has 17 heteroatoms. The molecule has 15 nitrogen and oxygen atoms in total. The number of aromatic nitrogens is 5. The number of imide groups is 1. The molecule has 58 heavy (non-hydrogen) atoms. The first-order valence-corrected chi connectivity index (χ1v) is 19.8. The number of aliphatic hydroxyl groups is 1. The van der Waals surface area contributed by atoms with Crippen LogP contribution < -0.4 is 16.0 Å². The number of carbonyl (C=O) groups is 3. The van der Waals surface area contributed by atoms with Crippen LogP contribution in [-0.2, 0) is 20.9 Å². The number of nitrogens with zero attached hydrogens (tertiary/aromatic N) is 8. The highest BCUT2D eigenvalue weighted by Crippen LogP contribution is 2.34. The second-order valence-electron chi connectivity index (χ2n) is 15.6. The van der Waals surface area contributed by atoms with Gasteiger partial charge in [0, 0.05) is 62.1 Å². The zero-order valence-electron chi connectivity index (χ0n) is 32.7. The average Bonchev–Trinajstić information content (AvgIpc) is 3.67. The van der Waals surface area contributed by atoms with Gasteiger partial charge in [-0.3, -0.25) is 24.2 Å². The van der Waals surface area contributed by atoms with Crippen LogP contribution in [0, 0.1) is 18.6 Å². The number of nitrogens with one attached hydrogen (secondary N) is 3. The van der Waals surface area contributed by atoms with Crippen molar-refractivity contribution in [2.45, 2.75) is 77.4 Å². The molecule has 3 amide bonds. The number of anilines is 2. The van der Waals surface area contributed by atoms with Crippen molar-refractivity contribution in [3.8, 4) is 11.3 Å². The Hall–Kier alpha value is -5.49. The topological polar surface area (TPSA) is 174 Å². The molecule has 0 radical (unpaired) electrons. The second kappa shape index (κ2) is 16.4. The van der Waals surface area contributed by atoms with Gasteiger partial charge in [0.15, 0.2) is 11.6 Å². The highest BCUT2D eigenvalue weighted by molar-refractivity contribution is 6.26. The van der Waals surface area contributed by atoms with Gasteiger partial charge in [0.05, 0.1) is 17.3 Å². The van der Waals surface area contributed by atoms with E-state index in [2.05, 4.69) is 45.7 Å². The number of fused-ring (bicyclic) bond motifs is 2. The molecule has 4 N–H and O–H groups in total. The van der Waals surface area contributed by atoms with Crippen molar-refractivity contribution in [1.82, 2.24) is 49.8 Å². The maximum Gasteiger partial charge on any atom is 0.262 e. The number of halogens is 2. The highest BCUT2D eigenvalue weighted by atomic mass is 19.1. The quantitative estimate of drug-likeness (QED) is 0.122. The van der Waals surface area contributed by atoms with Crippen molar-refractivity contribution in [2.24, 2.45) is 0 Å². The third kappa shape index (κ3) is 7.99. The number of benzene rings is 1. The Bertz CT molecular complexity index is 2300. The molecule has 4 aliphatic rings. The third-order valence-electron chi connectivity index (χ3n) is 11.2. The first-order valence-electron chi connectivity index (χ1n) is 19.8. The largest absolute Gasteiger partial charge is 0.374 e. The summed E-state index contributed by atoms with van der Waals surface area (Å²) in [6.45, 7) is 11.9. The van der Waals surface area contributed by atoms with Gasteiger partial charge in [-0.25, -0.2) is 28.7 Å². The van der Waals surface area contributed by atoms with Crippen LogP contribution in [0.5, 0.6) is 0 Å². The molecule has 8 rings (SSSR count). The van der Waals surface area contributed by atoms with E-state index in [0.717, 1.165) is 68.9 Å². The minimum absolute atomic E-state index is 0.0267. The normalized spacial score (nSPS) is 21.7. The fourth-order valence-corrected chi connectivity index (χ4v) is 8.32. The van der Waals surface area contributed by atoms with Gasteiger partial charge in [-0.1, -0.05) is 18.2 Å². The summed E-state index contributed by atoms with van der Waals surface area (Å²) in [4.78, 5) is 61.9. The van der Waals surface area contributed by atoms with Crippen molar-refractivity contribution in [3.63, 3.8) is 0 Å². The number of likely N-dealkylation sites (tertiary alicyclic amines) is 1. The number of hydrogen-bond donors (Lipinski definition) is 4. The van der Waals surface area contributed by atoms with Crippen molar-refractivity contribution in [1.29, 1.82) is 0 Å². The van der Waals surface area contributed by atoms with Gasteiger partial charge in [0.25, 0.3) is 11.8 Å². The number of pyridine rings is 1. The molecule has 1 aromatic carbocycles. The molecule has 6 heterocycles. The standard InChI is InChI=1S/C41H47F2N11O4/c1-23(2)53-24(3)47-37-30(42)17-26(18-33(37)53)36-31(43)21-46-41(50-36)48-34-9-5-25(20-45-34)22-52-15-13-51(14-16-52)12-4-11-44-27-6-7-28-29(19-27)40(58)54(39(28)57)32-8-10-35(55)49-38(32)56/h5,7,9,17-21,23,27,32,35,44,55H,4,6,8,10-16,22H2,1-3H3,(H,49,56)(H,45,46,48,50). The number of amides is 3. The van der Waals surface area contributed by atoms with Gasteiger partial charge < -0.3 is 30.5 Å². The van der Waals surface area contributed by atoms with Crippen LogP contribution in [0.2, 0.25) is 0 Å². The lowest BCUT2D eigenvalue weighted by atomic mass is 9.96. The van der Waals surface area contributed by atoms with Crippen LogP contribution in [0.25, 0.3) is 22.3 Å². The zero-order valence-corrected chi connectivity index (χ0v) is 32.7. The van der Waals surface area contributed by atoms with E-state index in [1.807, 2.05) is 43.5 Å². The van der Waals surface area contributed by atoms with Crippen LogP contribution in [-0.4, -0.2) is 120 Å². The Morgan fingerprint density at radius 3 is 2.47 bits per heavy atom. The first kappa shape index (κ1) is 39.3. The minimum Gasteiger partial charge on any atom is -0.374 e. The molecule has 304 valence electrons. The number of carbonyl (C=O) groups excluding carboxylic acids is 3. The van der Waals surface area contributed by atoms with E-state index in [9.17, 15) is 19.5 Å². The maximum absolute atomic E-state index is 15.1. The fraction of sp³-hybridized carbons (Fsp3) is 0.439. The SMILES string of the molecule is Cc1nc2c(F)cc(-c3nc(Nc4ccc(CN5CCN(CCCNC6C=C7C(=O)N(C8CCC(O)NC8=O)C(=O)C7=CC6)CC5)cn4)ncc3F)cc2n1C(C)C. The lowest BCUT2D eigenvalue weighted by molar-refractivity contribution is -0.148. The van der Waals surface area contributed by atoms with Gasteiger partial charge in [-0.15, -0.1) is 0 Å². The van der Waals surface area contributed by atoms with Crippen molar-refractivity contribution >= 4 is 40.5 Å². The molecule has 3 unspecified atom stereocenters. The van der Waals surface area contributed by atoms with Crippen molar-refractivity contribution in [2.75, 3.05) is 44.6 Å². The summed E-state index contributed by atoms with van der Waals surface area (Å²) in [7, 11) is 0. The molecule has 3 atom stereocenters. The summed E-state index contributed by atoms with van der Waals surface area (Å²) >= 11 is 0. The predicted molar refractivity (Wildman–Crippen MR) is 211 cm³/mol. The lowest BCUT2D eigenvalue weighted by Gasteiger charge is -2.34. The molecule has 0 spiro atoms. The summed E-state index contributed by atoms with van der Waals surface area (Å²) in [6.07, 6.45) is 7.53. The Kier molecular flexibility index (Phi) is 11.1. The fourth-order valence-electron chi connectivity index (χ4n) is 8.32. The molecule has 3 saturated heterocycles. The number of rotatable bonds is 12. The number of aliphatic hydroxyl groups excluding tert-OH is 1. The molecular formula is C41H47F2N11O4. The number of hydrogen-bond acceptors (Lipinski definition) is 12. The van der Waals surface area contributed by atoms with Gasteiger partial charge in [0.2, 0.25) is 11.9 Å². The Balaban J connectivity index is 0.784. The van der Waals surface area contributed by atoms with E-state index in [0.29, 0.717) is 34.7 Å². The van der Waals surface area contributed by atoms with Crippen molar-refractivity contribution in [3.05, 3.63) is 83.0 Å². The van der Waals surface area contributed by atoms with E-state index in [4.69, 9.17) is 0 Å². The predicted octanol–water partition coefficient (Wildman–Crippen LogP) is 3.49. The lowest BCUT2D eigenvalue weighted by Crippen LogP contribution is -2.55.